The summed E-state index contributed by atoms with van der Waals surface area (Å²) in [6.45, 7) is 3.53. The van der Waals surface area contributed by atoms with Crippen molar-refractivity contribution in [2.45, 2.75) is 25.3 Å². The maximum Gasteiger partial charge on any atom is 0.283 e. The van der Waals surface area contributed by atoms with Gasteiger partial charge in [-0.15, -0.1) is 0 Å². The first-order valence-corrected chi connectivity index (χ1v) is 7.68. The van der Waals surface area contributed by atoms with Crippen molar-refractivity contribution in [1.82, 2.24) is 5.32 Å². The van der Waals surface area contributed by atoms with E-state index in [1.807, 2.05) is 0 Å². The second-order valence-electron chi connectivity index (χ2n) is 5.89. The Hall–Kier alpha value is -2.45. The van der Waals surface area contributed by atoms with Crippen molar-refractivity contribution in [2.24, 2.45) is 10.9 Å². The van der Waals surface area contributed by atoms with Gasteiger partial charge in [0.05, 0.1) is 7.11 Å². The first-order chi connectivity index (χ1) is 11.8. The predicted octanol–water partition coefficient (Wildman–Crippen LogP) is 1.09. The van der Waals surface area contributed by atoms with Crippen LogP contribution in [0, 0.1) is 5.92 Å². The molecule has 1 aliphatic rings. The SMILES string of the molecule is COC1=NC(OC)(C(C)C)C(=O)NC1(OC)C(=O)c1ccc(O)cc1. The van der Waals surface area contributed by atoms with Crippen molar-refractivity contribution < 1.29 is 28.9 Å². The van der Waals surface area contributed by atoms with Crippen LogP contribution in [-0.4, -0.2) is 55.5 Å². The average molecular weight is 350 g/mol. The number of carbonyl (C=O) groups is 2. The molecule has 2 N–H and O–H groups in total. The minimum Gasteiger partial charge on any atom is -0.508 e. The molecule has 1 amide bonds. The fourth-order valence-electron chi connectivity index (χ4n) is 2.74. The molecule has 0 fully saturated rings. The Morgan fingerprint density at radius 1 is 1.16 bits per heavy atom. The van der Waals surface area contributed by atoms with Crippen LogP contribution >= 0.6 is 0 Å². The lowest BCUT2D eigenvalue weighted by atomic mass is 9.92. The number of benzene rings is 1. The summed E-state index contributed by atoms with van der Waals surface area (Å²) in [5.41, 5.74) is -3.23. The molecule has 0 saturated heterocycles. The molecule has 2 unspecified atom stereocenters. The maximum atomic E-state index is 13.0. The number of ketones is 1. The molecular weight excluding hydrogens is 328 g/mol. The molecule has 0 saturated carbocycles. The molecule has 0 bridgehead atoms. The number of aromatic hydroxyl groups is 1. The monoisotopic (exact) mass is 350 g/mol. The van der Waals surface area contributed by atoms with Gasteiger partial charge in [-0.1, -0.05) is 13.8 Å². The van der Waals surface area contributed by atoms with Crippen molar-refractivity contribution >= 4 is 17.6 Å². The van der Waals surface area contributed by atoms with E-state index in [1.54, 1.807) is 13.8 Å². The highest BCUT2D eigenvalue weighted by Gasteiger charge is 2.58. The summed E-state index contributed by atoms with van der Waals surface area (Å²) in [7, 11) is 3.95. The summed E-state index contributed by atoms with van der Waals surface area (Å²) in [6, 6.07) is 5.55. The second-order valence-corrected chi connectivity index (χ2v) is 5.89. The lowest BCUT2D eigenvalue weighted by Crippen LogP contribution is -2.70. The van der Waals surface area contributed by atoms with Crippen molar-refractivity contribution in [1.29, 1.82) is 0 Å². The standard InChI is InChI=1S/C17H22N2O6/c1-10(2)16(24-4)14(22)18-17(25-5,15(19-16)23-3)13(21)11-6-8-12(20)9-7-11/h6-10,20H,1-5H3,(H,18,22). The number of nitrogens with zero attached hydrogens (tertiary/aromatic N) is 1. The van der Waals surface area contributed by atoms with Gasteiger partial charge in [0.2, 0.25) is 17.4 Å². The summed E-state index contributed by atoms with van der Waals surface area (Å²) in [5, 5.41) is 12.0. The highest BCUT2D eigenvalue weighted by molar-refractivity contribution is 6.20. The highest BCUT2D eigenvalue weighted by Crippen LogP contribution is 2.32. The number of aliphatic imine (C=N–C) groups is 1. The number of methoxy groups -OCH3 is 3. The Labute approximate surface area is 145 Å². The fraction of sp³-hybridized carbons (Fsp3) is 0.471. The zero-order valence-electron chi connectivity index (χ0n) is 14.8. The Morgan fingerprint density at radius 3 is 2.20 bits per heavy atom. The van der Waals surface area contributed by atoms with E-state index in [0.29, 0.717) is 0 Å². The topological polar surface area (TPSA) is 106 Å². The van der Waals surface area contributed by atoms with Gasteiger partial charge in [-0.05, 0) is 24.3 Å². The van der Waals surface area contributed by atoms with Crippen molar-refractivity contribution in [2.75, 3.05) is 21.3 Å². The van der Waals surface area contributed by atoms with Crippen molar-refractivity contribution in [3.05, 3.63) is 29.8 Å². The molecule has 0 radical (unpaired) electrons. The van der Waals surface area contributed by atoms with Crippen LogP contribution in [0.15, 0.2) is 29.3 Å². The molecule has 8 heteroatoms. The molecule has 136 valence electrons. The summed E-state index contributed by atoms with van der Waals surface area (Å²) in [5.74, 6) is -1.63. The molecule has 1 aromatic carbocycles. The van der Waals surface area contributed by atoms with E-state index in [-0.39, 0.29) is 23.1 Å². The number of hydrogen-bond donors (Lipinski definition) is 2. The number of Topliss-reactive ketones (excluding diaryl/α,β-unsaturated/α-hetero) is 1. The van der Waals surface area contributed by atoms with Gasteiger partial charge in [-0.25, -0.2) is 4.99 Å². The zero-order valence-corrected chi connectivity index (χ0v) is 14.8. The molecule has 1 aliphatic heterocycles. The van der Waals surface area contributed by atoms with Gasteiger partial charge >= 0.3 is 0 Å². The van der Waals surface area contributed by atoms with E-state index in [2.05, 4.69) is 10.3 Å². The molecule has 2 atom stereocenters. The van der Waals surface area contributed by atoms with Crippen LogP contribution in [0.2, 0.25) is 0 Å². The van der Waals surface area contributed by atoms with Gasteiger partial charge in [0.1, 0.15) is 5.75 Å². The number of rotatable bonds is 5. The number of phenols is 1. The van der Waals surface area contributed by atoms with Crippen LogP contribution in [0.1, 0.15) is 24.2 Å². The lowest BCUT2D eigenvalue weighted by Gasteiger charge is -2.42. The highest BCUT2D eigenvalue weighted by atomic mass is 16.6. The second kappa shape index (κ2) is 6.81. The smallest absolute Gasteiger partial charge is 0.283 e. The third kappa shape index (κ3) is 2.87. The Balaban J connectivity index is 2.60. The minimum absolute atomic E-state index is 0.00883. The van der Waals surface area contributed by atoms with Gasteiger partial charge < -0.3 is 24.6 Å². The van der Waals surface area contributed by atoms with E-state index in [4.69, 9.17) is 14.2 Å². The number of ether oxygens (including phenoxy) is 3. The van der Waals surface area contributed by atoms with E-state index in [9.17, 15) is 14.7 Å². The molecule has 2 rings (SSSR count). The molecule has 1 aromatic rings. The molecule has 8 nitrogen and oxygen atoms in total. The van der Waals surface area contributed by atoms with E-state index >= 15 is 0 Å². The van der Waals surface area contributed by atoms with Gasteiger partial charge in [0.15, 0.2) is 0 Å². The predicted molar refractivity (Wildman–Crippen MR) is 89.3 cm³/mol. The third-order valence-corrected chi connectivity index (χ3v) is 4.23. The molecular formula is C17H22N2O6. The molecule has 0 aromatic heterocycles. The Kier molecular flexibility index (Phi) is 5.15. The number of hydrogen-bond acceptors (Lipinski definition) is 7. The summed E-state index contributed by atoms with van der Waals surface area (Å²) in [4.78, 5) is 30.1. The van der Waals surface area contributed by atoms with Crippen LogP contribution in [0.4, 0.5) is 0 Å². The summed E-state index contributed by atoms with van der Waals surface area (Å²) >= 11 is 0. The largest absolute Gasteiger partial charge is 0.508 e. The van der Waals surface area contributed by atoms with E-state index in [0.717, 1.165) is 0 Å². The van der Waals surface area contributed by atoms with Crippen LogP contribution in [0.5, 0.6) is 5.75 Å². The number of nitrogens with one attached hydrogen (secondary N) is 1. The molecule has 25 heavy (non-hydrogen) atoms. The van der Waals surface area contributed by atoms with Crippen LogP contribution in [0.25, 0.3) is 0 Å². The molecule has 0 spiro atoms. The molecule has 1 heterocycles. The van der Waals surface area contributed by atoms with Crippen LogP contribution in [-0.2, 0) is 19.0 Å². The first kappa shape index (κ1) is 18.9. The van der Waals surface area contributed by atoms with Gasteiger partial charge in [0, 0.05) is 25.7 Å². The lowest BCUT2D eigenvalue weighted by molar-refractivity contribution is -0.156. The Bertz CT molecular complexity index is 700. The minimum atomic E-state index is -1.92. The summed E-state index contributed by atoms with van der Waals surface area (Å²) in [6.07, 6.45) is 0. The maximum absolute atomic E-state index is 13.0. The fourth-order valence-corrected chi connectivity index (χ4v) is 2.74. The van der Waals surface area contributed by atoms with Gasteiger partial charge in [0.25, 0.3) is 11.6 Å². The summed E-state index contributed by atoms with van der Waals surface area (Å²) < 4.78 is 16.0. The van der Waals surface area contributed by atoms with E-state index < -0.39 is 23.1 Å². The zero-order chi connectivity index (χ0) is 18.8. The molecule has 0 aliphatic carbocycles. The van der Waals surface area contributed by atoms with E-state index in [1.165, 1.54) is 45.6 Å². The van der Waals surface area contributed by atoms with Crippen LogP contribution in [0.3, 0.4) is 0 Å². The first-order valence-electron chi connectivity index (χ1n) is 7.68. The quantitative estimate of drug-likeness (QED) is 0.770. The average Bonchev–Trinajstić information content (AvgIpc) is 2.61. The van der Waals surface area contributed by atoms with Gasteiger partial charge in [-0.3, -0.25) is 9.59 Å². The normalized spacial score (nSPS) is 26.2. The van der Waals surface area contributed by atoms with Crippen molar-refractivity contribution in [3.63, 3.8) is 0 Å². The third-order valence-electron chi connectivity index (χ3n) is 4.23. The van der Waals surface area contributed by atoms with Gasteiger partial charge in [-0.2, -0.15) is 0 Å². The number of phenolic OH excluding ortho intramolecular Hbond substituents is 1. The number of carbonyl (C=O) groups excluding carboxylic acids is 2. The van der Waals surface area contributed by atoms with Crippen LogP contribution < -0.4 is 5.32 Å². The van der Waals surface area contributed by atoms with Crippen molar-refractivity contribution in [3.8, 4) is 5.75 Å². The number of amides is 1. The Morgan fingerprint density at radius 2 is 1.76 bits per heavy atom.